The molecule has 0 saturated heterocycles. The summed E-state index contributed by atoms with van der Waals surface area (Å²) in [6, 6.07) is 13.8. The normalized spacial score (nSPS) is 11.7. The van der Waals surface area contributed by atoms with Crippen LogP contribution >= 0.6 is 0 Å². The Morgan fingerprint density at radius 2 is 1.52 bits per heavy atom. The van der Waals surface area contributed by atoms with Crippen molar-refractivity contribution in [3.8, 4) is 0 Å². The molecule has 3 N–H and O–H groups in total. The van der Waals surface area contributed by atoms with Crippen molar-refractivity contribution >= 4 is 11.8 Å². The third-order valence-electron chi connectivity index (χ3n) is 3.45. The van der Waals surface area contributed by atoms with Crippen molar-refractivity contribution < 1.29 is 9.59 Å². The molecule has 21 heavy (non-hydrogen) atoms. The van der Waals surface area contributed by atoms with Crippen LogP contribution in [-0.2, 0) is 4.79 Å². The Morgan fingerprint density at radius 3 is 2.10 bits per heavy atom. The number of rotatable bonds is 4. The van der Waals surface area contributed by atoms with Gasteiger partial charge < -0.3 is 11.1 Å². The number of carbonyl (C=O) groups excluding carboxylic acids is 2. The second kappa shape index (κ2) is 6.22. The molecule has 0 aliphatic heterocycles. The summed E-state index contributed by atoms with van der Waals surface area (Å²) in [5, 5.41) is 2.72. The van der Waals surface area contributed by atoms with E-state index in [2.05, 4.69) is 5.32 Å². The van der Waals surface area contributed by atoms with E-state index in [1.165, 1.54) is 0 Å². The molecule has 1 atom stereocenters. The maximum atomic E-state index is 12.3. The van der Waals surface area contributed by atoms with Gasteiger partial charge in [-0.25, -0.2) is 0 Å². The Bertz CT molecular complexity index is 680. The molecule has 4 nitrogen and oxygen atoms in total. The predicted octanol–water partition coefficient (Wildman–Crippen LogP) is 2.26. The summed E-state index contributed by atoms with van der Waals surface area (Å²) in [6.07, 6.45) is 0. The largest absolute Gasteiger partial charge is 0.368 e. The first kappa shape index (κ1) is 14.8. The molecule has 0 heterocycles. The number of carbonyl (C=O) groups is 2. The highest BCUT2D eigenvalue weighted by Gasteiger charge is 2.22. The second-order valence-electron chi connectivity index (χ2n) is 4.98. The van der Waals surface area contributed by atoms with Gasteiger partial charge in [0, 0.05) is 5.56 Å². The van der Waals surface area contributed by atoms with Gasteiger partial charge in [-0.2, -0.15) is 0 Å². The van der Waals surface area contributed by atoms with E-state index in [4.69, 9.17) is 5.73 Å². The quantitative estimate of drug-likeness (QED) is 0.902. The molecule has 0 fully saturated rings. The average molecular weight is 282 g/mol. The van der Waals surface area contributed by atoms with Crippen LogP contribution in [0.3, 0.4) is 0 Å². The van der Waals surface area contributed by atoms with Gasteiger partial charge in [0.15, 0.2) is 0 Å². The molecule has 2 rings (SSSR count). The third-order valence-corrected chi connectivity index (χ3v) is 3.45. The molecule has 0 aromatic heterocycles. The summed E-state index contributed by atoms with van der Waals surface area (Å²) < 4.78 is 0. The number of benzene rings is 2. The fourth-order valence-electron chi connectivity index (χ4n) is 2.25. The Kier molecular flexibility index (Phi) is 4.38. The third kappa shape index (κ3) is 3.28. The van der Waals surface area contributed by atoms with Crippen molar-refractivity contribution in [2.45, 2.75) is 19.9 Å². The zero-order valence-electron chi connectivity index (χ0n) is 12.1. The van der Waals surface area contributed by atoms with Gasteiger partial charge in [-0.15, -0.1) is 0 Å². The number of nitrogens with two attached hydrogens (primary N) is 1. The summed E-state index contributed by atoms with van der Waals surface area (Å²) in [7, 11) is 0. The average Bonchev–Trinajstić information content (AvgIpc) is 2.45. The first-order valence-electron chi connectivity index (χ1n) is 6.72. The van der Waals surface area contributed by atoms with Crippen molar-refractivity contribution in [1.29, 1.82) is 0 Å². The molecule has 108 valence electrons. The molecule has 4 heteroatoms. The van der Waals surface area contributed by atoms with E-state index in [0.717, 1.165) is 11.1 Å². The Morgan fingerprint density at radius 1 is 0.952 bits per heavy atom. The minimum atomic E-state index is -0.835. The van der Waals surface area contributed by atoms with Crippen LogP contribution in [-0.4, -0.2) is 11.8 Å². The van der Waals surface area contributed by atoms with E-state index in [0.29, 0.717) is 11.1 Å². The molecule has 1 unspecified atom stereocenters. The summed E-state index contributed by atoms with van der Waals surface area (Å²) >= 11 is 0. The molecule has 2 aromatic rings. The molecule has 2 amide bonds. The van der Waals surface area contributed by atoms with E-state index in [-0.39, 0.29) is 5.91 Å². The van der Waals surface area contributed by atoms with E-state index in [1.807, 2.05) is 44.2 Å². The highest BCUT2D eigenvalue weighted by molar-refractivity contribution is 5.98. The first-order chi connectivity index (χ1) is 10.0. The van der Waals surface area contributed by atoms with Crippen LogP contribution in [0.2, 0.25) is 0 Å². The summed E-state index contributed by atoms with van der Waals surface area (Å²) in [6.45, 7) is 3.73. The highest BCUT2D eigenvalue weighted by Crippen LogP contribution is 2.18. The molecule has 0 radical (unpaired) electrons. The lowest BCUT2D eigenvalue weighted by Gasteiger charge is -2.18. The van der Waals surface area contributed by atoms with Crippen LogP contribution in [0.5, 0.6) is 0 Å². The molecule has 0 aliphatic carbocycles. The van der Waals surface area contributed by atoms with Crippen molar-refractivity contribution in [3.05, 3.63) is 70.8 Å². The molecule has 2 aromatic carbocycles. The fourth-order valence-corrected chi connectivity index (χ4v) is 2.25. The Balaban J connectivity index is 2.30. The van der Waals surface area contributed by atoms with Gasteiger partial charge in [0.25, 0.3) is 5.91 Å². The van der Waals surface area contributed by atoms with E-state index < -0.39 is 11.9 Å². The van der Waals surface area contributed by atoms with Crippen molar-refractivity contribution in [1.82, 2.24) is 5.32 Å². The molecule has 0 bridgehead atoms. The molecule has 0 aliphatic rings. The summed E-state index contributed by atoms with van der Waals surface area (Å²) in [5.74, 6) is -0.883. The van der Waals surface area contributed by atoms with Gasteiger partial charge in [0.05, 0.1) is 0 Å². The summed E-state index contributed by atoms with van der Waals surface area (Å²) in [4.78, 5) is 24.1. The van der Waals surface area contributed by atoms with Gasteiger partial charge in [-0.3, -0.25) is 9.59 Å². The molecular weight excluding hydrogens is 264 g/mol. The van der Waals surface area contributed by atoms with E-state index in [9.17, 15) is 9.59 Å². The fraction of sp³-hybridized carbons (Fsp3) is 0.176. The topological polar surface area (TPSA) is 72.2 Å². The van der Waals surface area contributed by atoms with Crippen molar-refractivity contribution in [2.75, 3.05) is 0 Å². The SMILES string of the molecule is Cc1ccccc1C(=O)NC(C(N)=O)c1ccccc1C. The lowest BCUT2D eigenvalue weighted by molar-refractivity contribution is -0.120. The lowest BCUT2D eigenvalue weighted by Crippen LogP contribution is -2.38. The van der Waals surface area contributed by atoms with Gasteiger partial charge in [-0.05, 0) is 36.6 Å². The van der Waals surface area contributed by atoms with Crippen LogP contribution in [0, 0.1) is 13.8 Å². The van der Waals surface area contributed by atoms with Crippen molar-refractivity contribution in [2.24, 2.45) is 5.73 Å². The summed E-state index contributed by atoms with van der Waals surface area (Å²) in [5.41, 5.74) is 8.46. The number of primary amides is 1. The molecule has 0 saturated carbocycles. The number of hydrogen-bond donors (Lipinski definition) is 2. The first-order valence-corrected chi connectivity index (χ1v) is 6.72. The minimum absolute atomic E-state index is 0.305. The lowest BCUT2D eigenvalue weighted by atomic mass is 10.00. The molecular formula is C17H18N2O2. The maximum absolute atomic E-state index is 12.3. The van der Waals surface area contributed by atoms with Crippen LogP contribution < -0.4 is 11.1 Å². The van der Waals surface area contributed by atoms with Gasteiger partial charge in [-0.1, -0.05) is 42.5 Å². The molecule has 0 spiro atoms. The number of amides is 2. The number of nitrogens with one attached hydrogen (secondary N) is 1. The van der Waals surface area contributed by atoms with E-state index in [1.54, 1.807) is 18.2 Å². The minimum Gasteiger partial charge on any atom is -0.368 e. The standard InChI is InChI=1S/C17H18N2O2/c1-11-7-3-5-9-13(11)15(16(18)20)19-17(21)14-10-6-4-8-12(14)2/h3-10,15H,1-2H3,(H2,18,20)(H,19,21). The Hall–Kier alpha value is -2.62. The van der Waals surface area contributed by atoms with Crippen LogP contribution in [0.15, 0.2) is 48.5 Å². The maximum Gasteiger partial charge on any atom is 0.252 e. The smallest absolute Gasteiger partial charge is 0.252 e. The van der Waals surface area contributed by atoms with E-state index >= 15 is 0 Å². The highest BCUT2D eigenvalue weighted by atomic mass is 16.2. The van der Waals surface area contributed by atoms with Gasteiger partial charge in [0.1, 0.15) is 6.04 Å². The van der Waals surface area contributed by atoms with Crippen LogP contribution in [0.25, 0.3) is 0 Å². The van der Waals surface area contributed by atoms with Crippen LogP contribution in [0.4, 0.5) is 0 Å². The number of aryl methyl sites for hydroxylation is 2. The number of hydrogen-bond acceptors (Lipinski definition) is 2. The van der Waals surface area contributed by atoms with Crippen LogP contribution in [0.1, 0.15) is 33.1 Å². The Labute approximate surface area is 124 Å². The predicted molar refractivity (Wildman–Crippen MR) is 81.8 cm³/mol. The van der Waals surface area contributed by atoms with Gasteiger partial charge >= 0.3 is 0 Å². The monoisotopic (exact) mass is 282 g/mol. The zero-order valence-corrected chi connectivity index (χ0v) is 12.1. The van der Waals surface area contributed by atoms with Crippen molar-refractivity contribution in [3.63, 3.8) is 0 Å². The zero-order chi connectivity index (χ0) is 15.4. The van der Waals surface area contributed by atoms with Gasteiger partial charge in [0.2, 0.25) is 5.91 Å². The second-order valence-corrected chi connectivity index (χ2v) is 4.98.